The van der Waals surface area contributed by atoms with Crippen LogP contribution in [0.15, 0.2) is 28.8 Å². The van der Waals surface area contributed by atoms with Crippen LogP contribution >= 0.6 is 0 Å². The standard InChI is InChI=1S/C15H13F3N4O/c1-8-11(9(2)23-22-8)7-19-13-10-5-3-4-6-12(10)20-14(21-13)15(16,17)18/h3-6H,7H2,1-2H3,(H,19,20,21). The molecular weight excluding hydrogens is 309 g/mol. The largest absolute Gasteiger partial charge is 0.451 e. The Kier molecular flexibility index (Phi) is 3.67. The highest BCUT2D eigenvalue weighted by molar-refractivity contribution is 5.89. The number of benzene rings is 1. The Balaban J connectivity index is 2.02. The predicted molar refractivity (Wildman–Crippen MR) is 77.8 cm³/mol. The van der Waals surface area contributed by atoms with Crippen LogP contribution in [0.2, 0.25) is 0 Å². The van der Waals surface area contributed by atoms with E-state index in [1.807, 2.05) is 0 Å². The first-order valence-electron chi connectivity index (χ1n) is 6.86. The molecule has 0 bridgehead atoms. The highest BCUT2D eigenvalue weighted by Gasteiger charge is 2.35. The van der Waals surface area contributed by atoms with E-state index in [-0.39, 0.29) is 17.9 Å². The lowest BCUT2D eigenvalue weighted by molar-refractivity contribution is -0.144. The number of anilines is 1. The smallest absolute Gasteiger partial charge is 0.365 e. The van der Waals surface area contributed by atoms with Gasteiger partial charge in [0.15, 0.2) is 0 Å². The van der Waals surface area contributed by atoms with E-state index in [9.17, 15) is 13.2 Å². The van der Waals surface area contributed by atoms with Gasteiger partial charge >= 0.3 is 6.18 Å². The molecule has 0 atom stereocenters. The van der Waals surface area contributed by atoms with Crippen LogP contribution in [0.3, 0.4) is 0 Å². The molecule has 2 heterocycles. The molecule has 0 unspecified atom stereocenters. The van der Waals surface area contributed by atoms with E-state index in [0.717, 1.165) is 5.56 Å². The molecule has 0 amide bonds. The number of nitrogens with zero attached hydrogens (tertiary/aromatic N) is 3. The summed E-state index contributed by atoms with van der Waals surface area (Å²) in [4.78, 5) is 7.21. The molecule has 23 heavy (non-hydrogen) atoms. The third-order valence-corrected chi connectivity index (χ3v) is 3.47. The van der Waals surface area contributed by atoms with Crippen LogP contribution < -0.4 is 5.32 Å². The van der Waals surface area contributed by atoms with Crippen molar-refractivity contribution in [3.05, 3.63) is 47.1 Å². The second kappa shape index (κ2) is 5.53. The minimum absolute atomic E-state index is 0.128. The zero-order chi connectivity index (χ0) is 16.6. The molecule has 0 saturated carbocycles. The average molecular weight is 322 g/mol. The molecule has 0 radical (unpaired) electrons. The number of rotatable bonds is 3. The third-order valence-electron chi connectivity index (χ3n) is 3.47. The first-order valence-corrected chi connectivity index (χ1v) is 6.86. The molecule has 1 N–H and O–H groups in total. The fraction of sp³-hybridized carbons (Fsp3) is 0.267. The first kappa shape index (κ1) is 15.3. The highest BCUT2D eigenvalue weighted by Crippen LogP contribution is 2.30. The zero-order valence-corrected chi connectivity index (χ0v) is 12.4. The monoisotopic (exact) mass is 322 g/mol. The molecular formula is C15H13F3N4O. The summed E-state index contributed by atoms with van der Waals surface area (Å²) in [5, 5.41) is 7.27. The number of fused-ring (bicyclic) bond motifs is 1. The number of halogens is 3. The lowest BCUT2D eigenvalue weighted by Gasteiger charge is -2.12. The highest BCUT2D eigenvalue weighted by atomic mass is 19.4. The molecule has 0 spiro atoms. The van der Waals surface area contributed by atoms with Gasteiger partial charge in [-0.25, -0.2) is 9.97 Å². The van der Waals surface area contributed by atoms with Crippen LogP contribution in [0.4, 0.5) is 19.0 Å². The molecule has 0 aliphatic rings. The van der Waals surface area contributed by atoms with Gasteiger partial charge in [-0.05, 0) is 26.0 Å². The van der Waals surface area contributed by atoms with Crippen molar-refractivity contribution in [2.24, 2.45) is 0 Å². The van der Waals surface area contributed by atoms with Crippen molar-refractivity contribution < 1.29 is 17.7 Å². The van der Waals surface area contributed by atoms with Gasteiger partial charge in [0.1, 0.15) is 11.6 Å². The van der Waals surface area contributed by atoms with Gasteiger partial charge in [-0.15, -0.1) is 0 Å². The van der Waals surface area contributed by atoms with E-state index >= 15 is 0 Å². The molecule has 3 rings (SSSR count). The maximum absolute atomic E-state index is 13.0. The lowest BCUT2D eigenvalue weighted by Crippen LogP contribution is -2.14. The molecule has 5 nitrogen and oxygen atoms in total. The zero-order valence-electron chi connectivity index (χ0n) is 12.4. The predicted octanol–water partition coefficient (Wildman–Crippen LogP) is 3.87. The summed E-state index contributed by atoms with van der Waals surface area (Å²) in [6, 6.07) is 6.55. The van der Waals surface area contributed by atoms with E-state index in [0.29, 0.717) is 16.8 Å². The summed E-state index contributed by atoms with van der Waals surface area (Å²) in [6.07, 6.45) is -4.61. The van der Waals surface area contributed by atoms with Crippen molar-refractivity contribution in [2.75, 3.05) is 5.32 Å². The fourth-order valence-electron chi connectivity index (χ4n) is 2.26. The number of nitrogens with one attached hydrogen (secondary N) is 1. The van der Waals surface area contributed by atoms with Crippen LogP contribution in [0.1, 0.15) is 22.8 Å². The summed E-state index contributed by atoms with van der Waals surface area (Å²) >= 11 is 0. The van der Waals surface area contributed by atoms with Crippen molar-refractivity contribution in [3.8, 4) is 0 Å². The van der Waals surface area contributed by atoms with Gasteiger partial charge in [-0.1, -0.05) is 17.3 Å². The summed E-state index contributed by atoms with van der Waals surface area (Å²) in [6.45, 7) is 3.78. The van der Waals surface area contributed by atoms with Crippen molar-refractivity contribution in [1.29, 1.82) is 0 Å². The Bertz CT molecular complexity index is 838. The Hall–Kier alpha value is -2.64. The van der Waals surface area contributed by atoms with Gasteiger partial charge < -0.3 is 9.84 Å². The summed E-state index contributed by atoms with van der Waals surface area (Å²) in [5.41, 5.74) is 1.71. The van der Waals surface area contributed by atoms with Crippen molar-refractivity contribution in [2.45, 2.75) is 26.6 Å². The van der Waals surface area contributed by atoms with Gasteiger partial charge in [-0.2, -0.15) is 13.2 Å². The van der Waals surface area contributed by atoms with E-state index in [1.54, 1.807) is 32.0 Å². The van der Waals surface area contributed by atoms with Crippen LogP contribution in [-0.2, 0) is 12.7 Å². The molecule has 1 aromatic carbocycles. The number of hydrogen-bond acceptors (Lipinski definition) is 5. The maximum Gasteiger partial charge on any atom is 0.451 e. The number of aryl methyl sites for hydroxylation is 2. The molecule has 3 aromatic rings. The maximum atomic E-state index is 13.0. The number of alkyl halides is 3. The molecule has 0 aliphatic heterocycles. The summed E-state index contributed by atoms with van der Waals surface area (Å²) in [7, 11) is 0. The number of hydrogen-bond donors (Lipinski definition) is 1. The SMILES string of the molecule is Cc1noc(C)c1CNc1nc(C(F)(F)F)nc2ccccc12. The first-order chi connectivity index (χ1) is 10.9. The Morgan fingerprint density at radius 3 is 2.52 bits per heavy atom. The second-order valence-electron chi connectivity index (χ2n) is 5.07. The Morgan fingerprint density at radius 1 is 1.13 bits per heavy atom. The minimum Gasteiger partial charge on any atom is -0.365 e. The van der Waals surface area contributed by atoms with Crippen LogP contribution in [0.25, 0.3) is 10.9 Å². The van der Waals surface area contributed by atoms with Crippen LogP contribution in [-0.4, -0.2) is 15.1 Å². The van der Waals surface area contributed by atoms with Gasteiger partial charge in [-0.3, -0.25) is 0 Å². The van der Waals surface area contributed by atoms with Gasteiger partial charge in [0.25, 0.3) is 0 Å². The fourth-order valence-corrected chi connectivity index (χ4v) is 2.26. The summed E-state index contributed by atoms with van der Waals surface area (Å²) in [5.74, 6) is -0.426. The molecule has 0 saturated heterocycles. The molecule has 0 fully saturated rings. The number of para-hydroxylation sites is 1. The van der Waals surface area contributed by atoms with E-state index < -0.39 is 12.0 Å². The molecule has 2 aromatic heterocycles. The van der Waals surface area contributed by atoms with Gasteiger partial charge in [0.05, 0.1) is 11.2 Å². The van der Waals surface area contributed by atoms with E-state index in [1.165, 1.54) is 6.07 Å². The second-order valence-corrected chi connectivity index (χ2v) is 5.07. The van der Waals surface area contributed by atoms with Crippen LogP contribution in [0, 0.1) is 13.8 Å². The topological polar surface area (TPSA) is 63.8 Å². The van der Waals surface area contributed by atoms with Gasteiger partial charge in [0.2, 0.25) is 5.82 Å². The van der Waals surface area contributed by atoms with E-state index in [4.69, 9.17) is 4.52 Å². The minimum atomic E-state index is -4.61. The van der Waals surface area contributed by atoms with Crippen molar-refractivity contribution in [1.82, 2.24) is 15.1 Å². The quantitative estimate of drug-likeness (QED) is 0.793. The van der Waals surface area contributed by atoms with Crippen molar-refractivity contribution in [3.63, 3.8) is 0 Å². The van der Waals surface area contributed by atoms with Gasteiger partial charge in [0, 0.05) is 17.5 Å². The third kappa shape index (κ3) is 2.96. The Morgan fingerprint density at radius 2 is 1.87 bits per heavy atom. The molecule has 0 aliphatic carbocycles. The average Bonchev–Trinajstić information content (AvgIpc) is 2.82. The molecule has 120 valence electrons. The van der Waals surface area contributed by atoms with Crippen molar-refractivity contribution >= 4 is 16.7 Å². The lowest BCUT2D eigenvalue weighted by atomic mass is 10.2. The Labute approximate surface area is 129 Å². The molecule has 8 heteroatoms. The number of aromatic nitrogens is 3. The normalized spacial score (nSPS) is 11.9. The summed E-state index contributed by atoms with van der Waals surface area (Å²) < 4.78 is 43.9. The van der Waals surface area contributed by atoms with E-state index in [2.05, 4.69) is 20.4 Å². The van der Waals surface area contributed by atoms with Crippen LogP contribution in [0.5, 0.6) is 0 Å².